The molecule has 5 rings (SSSR count). The van der Waals surface area contributed by atoms with E-state index in [1.807, 2.05) is 17.5 Å². The number of thioether (sulfide) groups is 1. The van der Waals surface area contributed by atoms with Crippen LogP contribution in [0.3, 0.4) is 0 Å². The van der Waals surface area contributed by atoms with Crippen LogP contribution >= 0.6 is 11.8 Å². The molecule has 1 saturated heterocycles. The number of aromatic nitrogens is 1. The van der Waals surface area contributed by atoms with Crippen LogP contribution in [0.25, 0.3) is 0 Å². The van der Waals surface area contributed by atoms with E-state index in [2.05, 4.69) is 32.0 Å². The van der Waals surface area contributed by atoms with Crippen LogP contribution in [0.1, 0.15) is 20.3 Å². The average molecular weight is 503 g/mol. The van der Waals surface area contributed by atoms with Crippen molar-refractivity contribution in [3.8, 4) is 0 Å². The van der Waals surface area contributed by atoms with Gasteiger partial charge >= 0.3 is 6.18 Å². The molecule has 4 aliphatic rings. The quantitative estimate of drug-likeness (QED) is 0.635. The van der Waals surface area contributed by atoms with Crippen molar-refractivity contribution in [1.82, 2.24) is 9.88 Å². The molecule has 3 aliphatic heterocycles. The first-order valence-corrected chi connectivity index (χ1v) is 12.8. The number of nitrogens with zero attached hydrogens (tertiary/aromatic N) is 5. The number of guanidine groups is 1. The van der Waals surface area contributed by atoms with Crippen molar-refractivity contribution in [2.45, 2.75) is 37.7 Å². The van der Waals surface area contributed by atoms with Gasteiger partial charge in [-0.05, 0) is 36.1 Å². The second kappa shape index (κ2) is 9.46. The Bertz CT molecular complexity index is 1100. The Kier molecular flexibility index (Phi) is 6.52. The Labute approximate surface area is 207 Å². The predicted octanol–water partition coefficient (Wildman–Crippen LogP) is 4.90. The summed E-state index contributed by atoms with van der Waals surface area (Å²) in [7, 11) is 0. The van der Waals surface area contributed by atoms with Crippen LogP contribution in [0.4, 0.5) is 24.7 Å². The molecule has 1 aromatic heterocycles. The summed E-state index contributed by atoms with van der Waals surface area (Å²) >= 11 is 1.48. The van der Waals surface area contributed by atoms with Crippen molar-refractivity contribution < 1.29 is 13.2 Å². The molecule has 1 aromatic rings. The third kappa shape index (κ3) is 4.78. The van der Waals surface area contributed by atoms with Crippen LogP contribution in [0.5, 0.6) is 0 Å². The number of hydrogen-bond donors (Lipinski definition) is 1. The first kappa shape index (κ1) is 24.1. The van der Waals surface area contributed by atoms with Gasteiger partial charge in [0.25, 0.3) is 0 Å². The van der Waals surface area contributed by atoms with Gasteiger partial charge in [0, 0.05) is 43.4 Å². The van der Waals surface area contributed by atoms with Crippen LogP contribution < -0.4 is 10.2 Å². The lowest BCUT2D eigenvalue weighted by Gasteiger charge is -2.38. The van der Waals surface area contributed by atoms with Crippen LogP contribution in [0.15, 0.2) is 63.1 Å². The fraction of sp³-hybridized carbons (Fsp3) is 0.480. The van der Waals surface area contributed by atoms with Gasteiger partial charge in [0.1, 0.15) is 5.82 Å². The number of halogens is 3. The number of allylic oxidation sites excluding steroid dienone is 4. The van der Waals surface area contributed by atoms with Crippen molar-refractivity contribution in [3.63, 3.8) is 0 Å². The normalized spacial score (nSPS) is 28.9. The van der Waals surface area contributed by atoms with Crippen molar-refractivity contribution in [2.24, 2.45) is 15.4 Å². The summed E-state index contributed by atoms with van der Waals surface area (Å²) in [6, 6.07) is 3.52. The smallest absolute Gasteiger partial charge is 0.354 e. The molecule has 3 unspecified atom stereocenters. The Balaban J connectivity index is 1.30. The Morgan fingerprint density at radius 3 is 2.69 bits per heavy atom. The van der Waals surface area contributed by atoms with Crippen molar-refractivity contribution >= 4 is 35.4 Å². The first-order valence-electron chi connectivity index (χ1n) is 11.9. The number of piperazine rings is 1. The SMILES string of the molecule is CCN1CCN(c2ccc(NC3=NC4C(C5(C)CC=CC=C5C(F)(F)F)=CSC4C=N3)cn2)CC1. The average Bonchev–Trinajstić information content (AvgIpc) is 3.28. The molecule has 0 saturated carbocycles. The van der Waals surface area contributed by atoms with Crippen LogP contribution in [0, 0.1) is 5.41 Å². The van der Waals surface area contributed by atoms with Crippen LogP contribution in [-0.2, 0) is 0 Å². The van der Waals surface area contributed by atoms with E-state index < -0.39 is 23.2 Å². The highest BCUT2D eigenvalue weighted by Crippen LogP contribution is 2.53. The zero-order valence-corrected chi connectivity index (χ0v) is 20.6. The second-order valence-electron chi connectivity index (χ2n) is 9.34. The molecule has 1 aliphatic carbocycles. The Hall–Kier alpha value is -2.59. The number of aliphatic imine (C=N–C) groups is 2. The number of anilines is 2. The molecule has 1 N–H and O–H groups in total. The number of likely N-dealkylation sites (N-methyl/N-ethyl adjacent to an activating group) is 1. The molecule has 1 fully saturated rings. The maximum absolute atomic E-state index is 13.9. The van der Waals surface area contributed by atoms with Gasteiger partial charge in [-0.25, -0.2) is 15.0 Å². The molecule has 0 bridgehead atoms. The van der Waals surface area contributed by atoms with Gasteiger partial charge in [0.2, 0.25) is 5.96 Å². The highest BCUT2D eigenvalue weighted by molar-refractivity contribution is 8.03. The summed E-state index contributed by atoms with van der Waals surface area (Å²) in [6.45, 7) is 8.86. The van der Waals surface area contributed by atoms with Crippen LogP contribution in [0.2, 0.25) is 0 Å². The zero-order valence-electron chi connectivity index (χ0n) is 19.8. The van der Waals surface area contributed by atoms with Gasteiger partial charge in [0.05, 0.1) is 23.2 Å². The molecule has 4 heterocycles. The minimum Gasteiger partial charge on any atom is -0.354 e. The lowest BCUT2D eigenvalue weighted by atomic mass is 9.68. The van der Waals surface area contributed by atoms with E-state index in [1.54, 1.807) is 25.4 Å². The number of nitrogens with one attached hydrogen (secondary N) is 1. The number of pyridine rings is 1. The molecule has 10 heteroatoms. The van der Waals surface area contributed by atoms with Crippen molar-refractivity contribution in [1.29, 1.82) is 0 Å². The minimum atomic E-state index is -4.40. The van der Waals surface area contributed by atoms with E-state index in [0.717, 1.165) is 44.2 Å². The summed E-state index contributed by atoms with van der Waals surface area (Å²) in [5.41, 5.74) is -0.240. The Morgan fingerprint density at radius 2 is 2.00 bits per heavy atom. The van der Waals surface area contributed by atoms with E-state index in [9.17, 15) is 13.2 Å². The summed E-state index contributed by atoms with van der Waals surface area (Å²) < 4.78 is 41.6. The van der Waals surface area contributed by atoms with E-state index in [0.29, 0.717) is 18.0 Å². The van der Waals surface area contributed by atoms with Gasteiger partial charge in [-0.1, -0.05) is 32.1 Å². The molecular weight excluding hydrogens is 473 g/mol. The highest BCUT2D eigenvalue weighted by atomic mass is 32.2. The van der Waals surface area contributed by atoms with Gasteiger partial charge in [-0.3, -0.25) is 0 Å². The van der Waals surface area contributed by atoms with Crippen LogP contribution in [-0.4, -0.2) is 72.2 Å². The third-order valence-electron chi connectivity index (χ3n) is 7.20. The maximum Gasteiger partial charge on any atom is 0.413 e. The topological polar surface area (TPSA) is 56.1 Å². The van der Waals surface area contributed by atoms with Crippen molar-refractivity contribution in [3.05, 3.63) is 53.1 Å². The summed E-state index contributed by atoms with van der Waals surface area (Å²) in [5, 5.41) is 4.94. The summed E-state index contributed by atoms with van der Waals surface area (Å²) in [6.07, 6.45) is 3.91. The lowest BCUT2D eigenvalue weighted by Crippen LogP contribution is -2.46. The fourth-order valence-corrected chi connectivity index (χ4v) is 6.27. The molecule has 0 aromatic carbocycles. The number of rotatable bonds is 4. The van der Waals surface area contributed by atoms with E-state index in [1.165, 1.54) is 23.9 Å². The predicted molar refractivity (Wildman–Crippen MR) is 137 cm³/mol. The minimum absolute atomic E-state index is 0.102. The maximum atomic E-state index is 13.9. The van der Waals surface area contributed by atoms with Crippen molar-refractivity contribution in [2.75, 3.05) is 42.9 Å². The van der Waals surface area contributed by atoms with Gasteiger partial charge < -0.3 is 15.1 Å². The molecule has 6 nitrogen and oxygen atoms in total. The number of hydrogen-bond acceptors (Lipinski definition) is 7. The zero-order chi connectivity index (χ0) is 24.6. The van der Waals surface area contributed by atoms with Gasteiger partial charge in [-0.15, -0.1) is 11.8 Å². The molecule has 3 atom stereocenters. The second-order valence-corrected chi connectivity index (χ2v) is 10.4. The molecule has 186 valence electrons. The third-order valence-corrected chi connectivity index (χ3v) is 8.28. The summed E-state index contributed by atoms with van der Waals surface area (Å²) in [5.74, 6) is 1.32. The molecule has 0 amide bonds. The monoisotopic (exact) mass is 502 g/mol. The number of alkyl halides is 3. The Morgan fingerprint density at radius 1 is 1.20 bits per heavy atom. The number of fused-ring (bicyclic) bond motifs is 1. The largest absolute Gasteiger partial charge is 0.413 e. The van der Waals surface area contributed by atoms with Gasteiger partial charge in [0.15, 0.2) is 0 Å². The standard InChI is InChI=1S/C25H29F3N6S/c1-3-33-10-12-34(13-11-33)21-8-7-17(14-29-21)31-23-30-15-19-22(32-23)18(16-35-19)24(2)9-5-4-6-20(24)25(26,27)28/h4-8,14-16,19,22H,3,9-13H2,1-2H3,(H,31,32). The molecule has 0 spiro atoms. The van der Waals surface area contributed by atoms with Gasteiger partial charge in [-0.2, -0.15) is 13.2 Å². The molecule has 0 radical (unpaired) electrons. The fourth-order valence-electron chi connectivity index (χ4n) is 5.07. The van der Waals surface area contributed by atoms with E-state index in [-0.39, 0.29) is 5.25 Å². The molecule has 35 heavy (non-hydrogen) atoms. The first-order chi connectivity index (χ1) is 16.8. The highest BCUT2D eigenvalue weighted by Gasteiger charge is 2.51. The van der Waals surface area contributed by atoms with E-state index >= 15 is 0 Å². The summed E-state index contributed by atoms with van der Waals surface area (Å²) in [4.78, 5) is 18.5. The lowest BCUT2D eigenvalue weighted by molar-refractivity contribution is -0.104. The molecular formula is C25H29F3N6S. The van der Waals surface area contributed by atoms with E-state index in [4.69, 9.17) is 4.99 Å².